The van der Waals surface area contributed by atoms with Gasteiger partial charge in [-0.1, -0.05) is 48.5 Å². The lowest BCUT2D eigenvalue weighted by Crippen LogP contribution is -2.39. The van der Waals surface area contributed by atoms with Crippen molar-refractivity contribution in [2.45, 2.75) is 52.6 Å². The summed E-state index contributed by atoms with van der Waals surface area (Å²) >= 11 is 0. The molecule has 0 saturated heterocycles. The van der Waals surface area contributed by atoms with Crippen molar-refractivity contribution in [3.8, 4) is 22.6 Å². The Kier molecular flexibility index (Phi) is 5.59. The Morgan fingerprint density at radius 2 is 1.20 bits per heavy atom. The zero-order valence-electron chi connectivity index (χ0n) is 21.5. The fraction of sp³-hybridized carbons (Fsp3) is 0.250. The summed E-state index contributed by atoms with van der Waals surface area (Å²) in [5.74, 6) is 1.78. The van der Waals surface area contributed by atoms with Gasteiger partial charge in [0.2, 0.25) is 0 Å². The fourth-order valence-electron chi connectivity index (χ4n) is 4.98. The molecule has 0 unspecified atom stereocenters. The monoisotopic (exact) mass is 462 g/mol. The molecule has 0 N–H and O–H groups in total. The number of anilines is 4. The molecule has 3 nitrogen and oxygen atoms in total. The van der Waals surface area contributed by atoms with Gasteiger partial charge < -0.3 is 14.5 Å². The Morgan fingerprint density at radius 1 is 0.571 bits per heavy atom. The summed E-state index contributed by atoms with van der Waals surface area (Å²) in [6.45, 7) is 13.5. The Bertz CT molecular complexity index is 1350. The Hall–Kier alpha value is -3.72. The summed E-state index contributed by atoms with van der Waals surface area (Å²) in [5, 5.41) is 0. The average Bonchev–Trinajstić information content (AvgIpc) is 2.81. The Labute approximate surface area is 209 Å². The van der Waals surface area contributed by atoms with E-state index in [1.54, 1.807) is 0 Å². The van der Waals surface area contributed by atoms with Crippen LogP contribution >= 0.6 is 0 Å². The zero-order valence-corrected chi connectivity index (χ0v) is 21.5. The van der Waals surface area contributed by atoms with Crippen LogP contribution in [-0.4, -0.2) is 11.1 Å². The number of hydrogen-bond donors (Lipinski definition) is 0. The second-order valence-electron chi connectivity index (χ2n) is 11.2. The van der Waals surface area contributed by atoms with Gasteiger partial charge in [-0.3, -0.25) is 0 Å². The van der Waals surface area contributed by atoms with Crippen molar-refractivity contribution < 1.29 is 4.74 Å². The van der Waals surface area contributed by atoms with Gasteiger partial charge in [-0.15, -0.1) is 0 Å². The van der Waals surface area contributed by atoms with Gasteiger partial charge in [0.1, 0.15) is 0 Å². The molecule has 0 aromatic heterocycles. The molecule has 4 aromatic rings. The molecule has 0 atom stereocenters. The lowest BCUT2D eigenvalue weighted by Gasteiger charge is -2.42. The van der Waals surface area contributed by atoms with E-state index < -0.39 is 0 Å². The molecule has 1 aliphatic rings. The van der Waals surface area contributed by atoms with E-state index in [1.165, 1.54) is 22.5 Å². The number of ether oxygens (including phenoxy) is 1. The number of rotatable bonds is 3. The number of para-hydroxylation sites is 3. The third-order valence-electron chi connectivity index (χ3n) is 6.32. The van der Waals surface area contributed by atoms with E-state index in [0.717, 1.165) is 22.9 Å². The van der Waals surface area contributed by atoms with Crippen molar-refractivity contribution in [3.05, 3.63) is 97.1 Å². The van der Waals surface area contributed by atoms with Crippen LogP contribution in [-0.2, 0) is 0 Å². The molecule has 0 saturated carbocycles. The van der Waals surface area contributed by atoms with Gasteiger partial charge in [0.25, 0.3) is 0 Å². The molecule has 1 aliphatic heterocycles. The van der Waals surface area contributed by atoms with E-state index in [2.05, 4.69) is 136 Å². The number of hydrogen-bond acceptors (Lipinski definition) is 3. The maximum absolute atomic E-state index is 6.31. The lowest BCUT2D eigenvalue weighted by atomic mass is 9.97. The molecular weight excluding hydrogens is 428 g/mol. The number of benzene rings is 4. The summed E-state index contributed by atoms with van der Waals surface area (Å²) < 4.78 is 6.31. The minimum absolute atomic E-state index is 0.0730. The first-order chi connectivity index (χ1) is 16.6. The molecule has 3 heteroatoms. The van der Waals surface area contributed by atoms with Crippen LogP contribution in [0.25, 0.3) is 11.1 Å². The van der Waals surface area contributed by atoms with Crippen molar-refractivity contribution in [1.82, 2.24) is 0 Å². The van der Waals surface area contributed by atoms with Crippen LogP contribution in [0, 0.1) is 0 Å². The number of nitrogens with zero attached hydrogens (tertiary/aromatic N) is 2. The van der Waals surface area contributed by atoms with Gasteiger partial charge in [-0.05, 0) is 101 Å². The minimum atomic E-state index is -0.106. The lowest BCUT2D eigenvalue weighted by molar-refractivity contribution is 0.451. The van der Waals surface area contributed by atoms with Crippen LogP contribution < -0.4 is 14.5 Å². The van der Waals surface area contributed by atoms with E-state index in [0.29, 0.717) is 0 Å². The third kappa shape index (κ3) is 4.39. The van der Waals surface area contributed by atoms with Crippen molar-refractivity contribution in [3.63, 3.8) is 0 Å². The van der Waals surface area contributed by atoms with Crippen molar-refractivity contribution in [1.29, 1.82) is 0 Å². The zero-order chi connectivity index (χ0) is 24.8. The summed E-state index contributed by atoms with van der Waals surface area (Å²) in [5.41, 5.74) is 6.73. The van der Waals surface area contributed by atoms with Crippen molar-refractivity contribution in [2.24, 2.45) is 0 Å². The van der Waals surface area contributed by atoms with E-state index in [-0.39, 0.29) is 11.1 Å². The van der Waals surface area contributed by atoms with Gasteiger partial charge in [0, 0.05) is 22.5 Å². The van der Waals surface area contributed by atoms with E-state index in [9.17, 15) is 0 Å². The van der Waals surface area contributed by atoms with E-state index in [1.807, 2.05) is 12.1 Å². The van der Waals surface area contributed by atoms with Crippen molar-refractivity contribution >= 4 is 22.7 Å². The molecule has 0 bridgehead atoms. The van der Waals surface area contributed by atoms with Crippen LogP contribution in [0.4, 0.5) is 22.7 Å². The Morgan fingerprint density at radius 3 is 1.91 bits per heavy atom. The summed E-state index contributed by atoms with van der Waals surface area (Å²) in [4.78, 5) is 4.79. The van der Waals surface area contributed by atoms with Crippen LogP contribution in [0.3, 0.4) is 0 Å². The molecule has 1 heterocycles. The largest absolute Gasteiger partial charge is 0.453 e. The first-order valence-corrected chi connectivity index (χ1v) is 12.3. The molecule has 0 amide bonds. The van der Waals surface area contributed by atoms with Gasteiger partial charge in [-0.25, -0.2) is 0 Å². The van der Waals surface area contributed by atoms with Gasteiger partial charge in [0.05, 0.1) is 11.4 Å². The molecule has 0 fully saturated rings. The maximum Gasteiger partial charge on any atom is 0.151 e. The molecule has 5 rings (SSSR count). The average molecular weight is 463 g/mol. The van der Waals surface area contributed by atoms with E-state index >= 15 is 0 Å². The predicted octanol–water partition coefficient (Wildman–Crippen LogP) is 9.33. The smallest absolute Gasteiger partial charge is 0.151 e. The molecule has 178 valence electrons. The first kappa shape index (κ1) is 23.0. The SMILES string of the molecule is CC(C)(C)N(c1ccccc1)c1cccc(-c2ccc3c(c2)N(C(C)(C)C)c2ccccc2O3)c1. The maximum atomic E-state index is 6.31. The van der Waals surface area contributed by atoms with Gasteiger partial charge in [-0.2, -0.15) is 0 Å². The van der Waals surface area contributed by atoms with E-state index in [4.69, 9.17) is 4.74 Å². The van der Waals surface area contributed by atoms with Crippen LogP contribution in [0.15, 0.2) is 97.1 Å². The minimum Gasteiger partial charge on any atom is -0.453 e. The molecular formula is C32H34N2O. The molecule has 0 spiro atoms. The molecule has 35 heavy (non-hydrogen) atoms. The van der Waals surface area contributed by atoms with Gasteiger partial charge in [0.15, 0.2) is 11.5 Å². The van der Waals surface area contributed by atoms with Gasteiger partial charge >= 0.3 is 0 Å². The number of fused-ring (bicyclic) bond motifs is 2. The molecule has 4 aromatic carbocycles. The second-order valence-corrected chi connectivity index (χ2v) is 11.2. The summed E-state index contributed by atoms with van der Waals surface area (Å²) in [7, 11) is 0. The second kappa shape index (κ2) is 8.49. The van der Waals surface area contributed by atoms with Crippen LogP contribution in [0.1, 0.15) is 41.5 Å². The summed E-state index contributed by atoms with van der Waals surface area (Å²) in [6.07, 6.45) is 0. The normalized spacial score (nSPS) is 13.0. The molecule has 0 radical (unpaired) electrons. The first-order valence-electron chi connectivity index (χ1n) is 12.3. The Balaban J connectivity index is 1.60. The highest BCUT2D eigenvalue weighted by atomic mass is 16.5. The highest BCUT2D eigenvalue weighted by Crippen LogP contribution is 2.50. The highest BCUT2D eigenvalue weighted by Gasteiger charge is 2.32. The standard InChI is InChI=1S/C32H34N2O/c1-31(2,3)33(25-14-8-7-9-15-25)26-16-12-13-23(21-26)24-19-20-30-28(22-24)34(32(4,5)6)27-17-10-11-18-29(27)35-30/h7-22H,1-6H3. The topological polar surface area (TPSA) is 15.7 Å². The quantitative estimate of drug-likeness (QED) is 0.302. The fourth-order valence-corrected chi connectivity index (χ4v) is 4.98. The summed E-state index contributed by atoms with van der Waals surface area (Å²) in [6, 6.07) is 34.2. The third-order valence-corrected chi connectivity index (χ3v) is 6.32. The van der Waals surface area contributed by atoms with Crippen LogP contribution in [0.2, 0.25) is 0 Å². The van der Waals surface area contributed by atoms with Crippen LogP contribution in [0.5, 0.6) is 11.5 Å². The molecule has 0 aliphatic carbocycles. The highest BCUT2D eigenvalue weighted by molar-refractivity contribution is 5.84. The predicted molar refractivity (Wildman–Crippen MR) is 149 cm³/mol. The van der Waals surface area contributed by atoms with Crippen molar-refractivity contribution in [2.75, 3.05) is 9.80 Å².